The van der Waals surface area contributed by atoms with E-state index in [-0.39, 0.29) is 11.9 Å². The molecule has 15 heavy (non-hydrogen) atoms. The summed E-state index contributed by atoms with van der Waals surface area (Å²) in [7, 11) is 0. The van der Waals surface area contributed by atoms with E-state index in [0.717, 1.165) is 5.56 Å². The summed E-state index contributed by atoms with van der Waals surface area (Å²) in [6, 6.07) is 9.62. The van der Waals surface area contributed by atoms with E-state index in [1.165, 1.54) is 0 Å². The number of hydrogen-bond donors (Lipinski definition) is 1. The van der Waals surface area contributed by atoms with Crippen LogP contribution in [0.25, 0.3) is 0 Å². The normalized spacial score (nSPS) is 25.7. The Morgan fingerprint density at radius 2 is 2.07 bits per heavy atom. The summed E-state index contributed by atoms with van der Waals surface area (Å²) in [5.41, 5.74) is 1.04. The molecule has 1 amide bonds. The quantitative estimate of drug-likeness (QED) is 0.809. The van der Waals surface area contributed by atoms with Gasteiger partial charge in [0.15, 0.2) is 0 Å². The van der Waals surface area contributed by atoms with Crippen LogP contribution in [0.5, 0.6) is 0 Å². The van der Waals surface area contributed by atoms with E-state index >= 15 is 0 Å². The molecule has 0 spiro atoms. The number of alkyl halides is 1. The van der Waals surface area contributed by atoms with Crippen molar-refractivity contribution in [2.24, 2.45) is 5.92 Å². The SMILES string of the molecule is C[C@@H](NC(=O)[C@@H]1C[C@H]1F)c1ccccc1. The van der Waals surface area contributed by atoms with Crippen LogP contribution >= 0.6 is 0 Å². The summed E-state index contributed by atoms with van der Waals surface area (Å²) in [4.78, 5) is 11.4. The molecule has 1 fully saturated rings. The van der Waals surface area contributed by atoms with Crippen molar-refractivity contribution in [1.29, 1.82) is 0 Å². The second-order valence-corrected chi connectivity index (χ2v) is 4.00. The fraction of sp³-hybridized carbons (Fsp3) is 0.417. The zero-order valence-corrected chi connectivity index (χ0v) is 8.61. The first-order chi connectivity index (χ1) is 7.18. The highest BCUT2D eigenvalue weighted by Crippen LogP contribution is 2.34. The van der Waals surface area contributed by atoms with Crippen LogP contribution in [0.4, 0.5) is 4.39 Å². The van der Waals surface area contributed by atoms with Gasteiger partial charge in [-0.15, -0.1) is 0 Å². The van der Waals surface area contributed by atoms with Crippen LogP contribution in [-0.2, 0) is 4.79 Å². The number of carbonyl (C=O) groups excluding carboxylic acids is 1. The molecule has 0 saturated heterocycles. The largest absolute Gasteiger partial charge is 0.349 e. The highest BCUT2D eigenvalue weighted by molar-refractivity contribution is 5.82. The van der Waals surface area contributed by atoms with Gasteiger partial charge in [0.25, 0.3) is 0 Å². The van der Waals surface area contributed by atoms with Gasteiger partial charge in [0, 0.05) is 0 Å². The lowest BCUT2D eigenvalue weighted by molar-refractivity contribution is -0.123. The van der Waals surface area contributed by atoms with Gasteiger partial charge < -0.3 is 5.32 Å². The average molecular weight is 207 g/mol. The van der Waals surface area contributed by atoms with Gasteiger partial charge >= 0.3 is 0 Å². The molecule has 80 valence electrons. The number of nitrogens with one attached hydrogen (secondary N) is 1. The zero-order valence-electron chi connectivity index (χ0n) is 8.61. The molecule has 0 aromatic heterocycles. The number of halogens is 1. The van der Waals surface area contributed by atoms with E-state index in [0.29, 0.717) is 6.42 Å². The van der Waals surface area contributed by atoms with Gasteiger partial charge in [-0.05, 0) is 18.9 Å². The highest BCUT2D eigenvalue weighted by atomic mass is 19.1. The Balaban J connectivity index is 1.92. The molecule has 1 aliphatic rings. The predicted molar refractivity (Wildman–Crippen MR) is 56.0 cm³/mol. The van der Waals surface area contributed by atoms with Crippen molar-refractivity contribution in [2.45, 2.75) is 25.6 Å². The van der Waals surface area contributed by atoms with Gasteiger partial charge in [0.05, 0.1) is 12.0 Å². The Labute approximate surface area is 88.5 Å². The number of hydrogen-bond acceptors (Lipinski definition) is 1. The summed E-state index contributed by atoms with van der Waals surface area (Å²) < 4.78 is 12.6. The summed E-state index contributed by atoms with van der Waals surface area (Å²) >= 11 is 0. The Morgan fingerprint density at radius 3 is 2.60 bits per heavy atom. The maximum absolute atomic E-state index is 12.6. The number of amides is 1. The molecule has 0 bridgehead atoms. The molecule has 0 heterocycles. The topological polar surface area (TPSA) is 29.1 Å². The van der Waals surface area contributed by atoms with Crippen LogP contribution in [0, 0.1) is 5.92 Å². The van der Waals surface area contributed by atoms with E-state index < -0.39 is 12.1 Å². The van der Waals surface area contributed by atoms with Gasteiger partial charge in [-0.25, -0.2) is 4.39 Å². The molecule has 2 nitrogen and oxygen atoms in total. The zero-order chi connectivity index (χ0) is 10.8. The molecule has 2 rings (SSSR count). The van der Waals surface area contributed by atoms with Crippen molar-refractivity contribution in [1.82, 2.24) is 5.32 Å². The maximum Gasteiger partial charge on any atom is 0.226 e. The fourth-order valence-electron chi connectivity index (χ4n) is 1.58. The molecule has 1 aromatic rings. The van der Waals surface area contributed by atoms with Crippen LogP contribution in [0.15, 0.2) is 30.3 Å². The van der Waals surface area contributed by atoms with Crippen LogP contribution in [0.3, 0.4) is 0 Å². The lowest BCUT2D eigenvalue weighted by Crippen LogP contribution is -2.28. The van der Waals surface area contributed by atoms with Crippen molar-refractivity contribution < 1.29 is 9.18 Å². The smallest absolute Gasteiger partial charge is 0.226 e. The van der Waals surface area contributed by atoms with Crippen molar-refractivity contribution >= 4 is 5.91 Å². The summed E-state index contributed by atoms with van der Waals surface area (Å²) in [6.07, 6.45) is -0.541. The molecule has 1 aliphatic carbocycles. The Morgan fingerprint density at radius 1 is 1.47 bits per heavy atom. The van der Waals surface area contributed by atoms with Crippen molar-refractivity contribution in [3.05, 3.63) is 35.9 Å². The number of benzene rings is 1. The molecule has 3 atom stereocenters. The number of rotatable bonds is 3. The van der Waals surface area contributed by atoms with E-state index in [1.807, 2.05) is 37.3 Å². The molecule has 0 aliphatic heterocycles. The van der Waals surface area contributed by atoms with Gasteiger partial charge in [-0.2, -0.15) is 0 Å². The van der Waals surface area contributed by atoms with Crippen molar-refractivity contribution in [3.63, 3.8) is 0 Å². The standard InChI is InChI=1S/C12H14FNO/c1-8(9-5-3-2-4-6-9)14-12(15)10-7-11(10)13/h2-6,8,10-11H,7H2,1H3,(H,14,15)/t8-,10-,11-/m1/s1. The fourth-order valence-corrected chi connectivity index (χ4v) is 1.58. The molecule has 1 aromatic carbocycles. The average Bonchev–Trinajstić information content (AvgIpc) is 2.97. The minimum Gasteiger partial charge on any atom is -0.349 e. The first-order valence-electron chi connectivity index (χ1n) is 5.18. The summed E-state index contributed by atoms with van der Waals surface area (Å²) in [5.74, 6) is -0.574. The van der Waals surface area contributed by atoms with Gasteiger partial charge in [-0.3, -0.25) is 4.79 Å². The van der Waals surface area contributed by atoms with E-state index in [2.05, 4.69) is 5.32 Å². The monoisotopic (exact) mass is 207 g/mol. The van der Waals surface area contributed by atoms with Crippen molar-refractivity contribution in [3.8, 4) is 0 Å². The molecular formula is C12H14FNO. The Bertz CT molecular complexity index is 352. The van der Waals surface area contributed by atoms with Gasteiger partial charge in [-0.1, -0.05) is 30.3 Å². The van der Waals surface area contributed by atoms with Gasteiger partial charge in [0.2, 0.25) is 5.91 Å². The summed E-state index contributed by atoms with van der Waals surface area (Å²) in [6.45, 7) is 1.91. The minimum absolute atomic E-state index is 0.0495. The second kappa shape index (κ2) is 4.01. The predicted octanol–water partition coefficient (Wildman–Crippen LogP) is 2.22. The third-order valence-electron chi connectivity index (χ3n) is 2.71. The first kappa shape index (κ1) is 10.1. The van der Waals surface area contributed by atoms with E-state index in [4.69, 9.17) is 0 Å². The van der Waals surface area contributed by atoms with E-state index in [9.17, 15) is 9.18 Å². The van der Waals surface area contributed by atoms with E-state index in [1.54, 1.807) is 0 Å². The molecule has 0 unspecified atom stereocenters. The first-order valence-corrected chi connectivity index (χ1v) is 5.18. The van der Waals surface area contributed by atoms with Crippen LogP contribution in [-0.4, -0.2) is 12.1 Å². The maximum atomic E-state index is 12.6. The third kappa shape index (κ3) is 2.35. The second-order valence-electron chi connectivity index (χ2n) is 4.00. The van der Waals surface area contributed by atoms with Crippen LogP contribution < -0.4 is 5.32 Å². The Hall–Kier alpha value is -1.38. The lowest BCUT2D eigenvalue weighted by atomic mass is 10.1. The number of carbonyl (C=O) groups is 1. The van der Waals surface area contributed by atoms with Crippen molar-refractivity contribution in [2.75, 3.05) is 0 Å². The molecule has 1 N–H and O–H groups in total. The third-order valence-corrected chi connectivity index (χ3v) is 2.71. The summed E-state index contributed by atoms with van der Waals surface area (Å²) in [5, 5.41) is 2.81. The molecular weight excluding hydrogens is 193 g/mol. The van der Waals surface area contributed by atoms with Crippen LogP contribution in [0.1, 0.15) is 24.9 Å². The minimum atomic E-state index is -0.923. The Kier molecular flexibility index (Phi) is 2.71. The van der Waals surface area contributed by atoms with Crippen LogP contribution in [0.2, 0.25) is 0 Å². The lowest BCUT2D eigenvalue weighted by Gasteiger charge is -2.13. The van der Waals surface area contributed by atoms with Gasteiger partial charge in [0.1, 0.15) is 6.17 Å². The molecule has 3 heteroatoms. The molecule has 0 radical (unpaired) electrons. The molecule has 1 saturated carbocycles. The highest BCUT2D eigenvalue weighted by Gasteiger charge is 2.43.